The highest BCUT2D eigenvalue weighted by molar-refractivity contribution is 7.13. The van der Waals surface area contributed by atoms with E-state index in [-0.39, 0.29) is 6.04 Å². The average Bonchev–Trinajstić information content (AvgIpc) is 3.17. The van der Waals surface area contributed by atoms with Crippen LogP contribution in [-0.2, 0) is 4.74 Å². The van der Waals surface area contributed by atoms with Crippen molar-refractivity contribution in [1.82, 2.24) is 15.2 Å². The Balaban J connectivity index is 1.88. The van der Waals surface area contributed by atoms with Crippen LogP contribution in [0.1, 0.15) is 47.0 Å². The van der Waals surface area contributed by atoms with Gasteiger partial charge in [0.25, 0.3) is 0 Å². The van der Waals surface area contributed by atoms with Crippen molar-refractivity contribution in [3.63, 3.8) is 0 Å². The van der Waals surface area contributed by atoms with E-state index in [0.29, 0.717) is 12.5 Å². The minimum atomic E-state index is -0.512. The molecule has 1 aliphatic heterocycles. The number of piperazine rings is 1. The van der Waals surface area contributed by atoms with Gasteiger partial charge in [0.15, 0.2) is 11.1 Å². The van der Waals surface area contributed by atoms with E-state index >= 15 is 0 Å². The second-order valence-corrected chi connectivity index (χ2v) is 8.83. The molecule has 9 heteroatoms. The van der Waals surface area contributed by atoms with E-state index < -0.39 is 11.7 Å². The summed E-state index contributed by atoms with van der Waals surface area (Å²) in [6, 6.07) is -0.0514. The maximum absolute atomic E-state index is 11.9. The minimum absolute atomic E-state index is 0.0514. The first kappa shape index (κ1) is 22.3. The normalized spacial score (nSPS) is 16.8. The van der Waals surface area contributed by atoms with E-state index in [1.54, 1.807) is 11.3 Å². The predicted molar refractivity (Wildman–Crippen MR) is 115 cm³/mol. The molecule has 0 aliphatic carbocycles. The van der Waals surface area contributed by atoms with Crippen LogP contribution in [-0.4, -0.2) is 66.3 Å². The molecule has 0 aromatic carbocycles. The largest absolute Gasteiger partial charge is 0.444 e. The Morgan fingerprint density at radius 1 is 1.39 bits per heavy atom. The van der Waals surface area contributed by atoms with Crippen molar-refractivity contribution in [2.75, 3.05) is 37.6 Å². The summed E-state index contributed by atoms with van der Waals surface area (Å²) in [5.74, 6) is 0.547. The number of ether oxygens (including phenoxy) is 1. The van der Waals surface area contributed by atoms with Crippen LogP contribution in [0.2, 0.25) is 0 Å². The number of nitrogens with one attached hydrogen (secondary N) is 1. The summed E-state index contributed by atoms with van der Waals surface area (Å²) in [4.78, 5) is 25.4. The summed E-state index contributed by atoms with van der Waals surface area (Å²) in [6.45, 7) is 11.5. The summed E-state index contributed by atoms with van der Waals surface area (Å²) < 4.78 is 5.31. The third-order valence-electron chi connectivity index (χ3n) is 4.38. The highest BCUT2D eigenvalue weighted by atomic mass is 32.1. The summed E-state index contributed by atoms with van der Waals surface area (Å²) >= 11 is 1.65. The van der Waals surface area contributed by atoms with Gasteiger partial charge in [0, 0.05) is 44.3 Å². The molecule has 1 aromatic rings. The van der Waals surface area contributed by atoms with Crippen molar-refractivity contribution < 1.29 is 9.53 Å². The van der Waals surface area contributed by atoms with Gasteiger partial charge in [-0.25, -0.2) is 14.8 Å². The third kappa shape index (κ3) is 7.53. The van der Waals surface area contributed by atoms with Crippen LogP contribution in [0.15, 0.2) is 16.6 Å². The zero-order valence-corrected chi connectivity index (χ0v) is 18.3. The number of alkyl carbamates (subject to hydrolysis) is 1. The van der Waals surface area contributed by atoms with Crippen LogP contribution in [0.25, 0.3) is 0 Å². The Kier molecular flexibility index (Phi) is 8.35. The second-order valence-electron chi connectivity index (χ2n) is 7.95. The van der Waals surface area contributed by atoms with Gasteiger partial charge in [-0.15, -0.1) is 11.3 Å². The number of nitrogens with two attached hydrogens (primary N) is 1. The van der Waals surface area contributed by atoms with Crippen molar-refractivity contribution in [1.29, 1.82) is 0 Å². The fraction of sp³-hybridized carbons (Fsp3) is 0.737. The van der Waals surface area contributed by atoms with Gasteiger partial charge in [-0.05, 0) is 27.2 Å². The van der Waals surface area contributed by atoms with Crippen molar-refractivity contribution >= 4 is 28.5 Å². The van der Waals surface area contributed by atoms with E-state index in [0.717, 1.165) is 50.6 Å². The van der Waals surface area contributed by atoms with E-state index in [9.17, 15) is 4.79 Å². The molecule has 0 radical (unpaired) electrons. The van der Waals surface area contributed by atoms with Gasteiger partial charge in [0.1, 0.15) is 5.60 Å². The first-order valence-electron chi connectivity index (χ1n) is 9.98. The average molecular weight is 411 g/mol. The summed E-state index contributed by atoms with van der Waals surface area (Å²) in [5, 5.41) is 5.87. The molecule has 1 fully saturated rings. The molecule has 1 amide bonds. The number of hydrogen-bond donors (Lipinski definition) is 2. The predicted octanol–water partition coefficient (Wildman–Crippen LogP) is 2.66. The zero-order valence-electron chi connectivity index (χ0n) is 17.5. The standard InChI is InChI=1S/C19H34N6O2S/c1-5-6-7-15(14-22-18(26)27-19(2,3)4)23-16(20)24-9-11-25(12-10-24)17-21-8-13-28-17/h8,13,15H,5-7,9-12,14H2,1-4H3,(H2,20,23)(H,22,26). The molecule has 0 bridgehead atoms. The lowest BCUT2D eigenvalue weighted by Gasteiger charge is -2.35. The number of aliphatic imine (C=N–C) groups is 1. The summed E-state index contributed by atoms with van der Waals surface area (Å²) in [7, 11) is 0. The zero-order chi connectivity index (χ0) is 20.6. The number of amides is 1. The smallest absolute Gasteiger partial charge is 0.407 e. The van der Waals surface area contributed by atoms with Crippen molar-refractivity contribution in [2.45, 2.75) is 58.6 Å². The molecule has 158 valence electrons. The van der Waals surface area contributed by atoms with Gasteiger partial charge in [-0.3, -0.25) is 0 Å². The van der Waals surface area contributed by atoms with Crippen LogP contribution in [0.4, 0.5) is 9.93 Å². The Morgan fingerprint density at radius 2 is 2.11 bits per heavy atom. The third-order valence-corrected chi connectivity index (χ3v) is 5.21. The molecule has 8 nitrogen and oxygen atoms in total. The van der Waals surface area contributed by atoms with Crippen molar-refractivity contribution in [2.24, 2.45) is 10.7 Å². The highest BCUT2D eigenvalue weighted by Gasteiger charge is 2.21. The molecule has 1 saturated heterocycles. The van der Waals surface area contributed by atoms with Crippen molar-refractivity contribution in [3.05, 3.63) is 11.6 Å². The second kappa shape index (κ2) is 10.5. The van der Waals surface area contributed by atoms with Crippen LogP contribution in [0.3, 0.4) is 0 Å². The lowest BCUT2D eigenvalue weighted by atomic mass is 10.1. The number of rotatable bonds is 7. The van der Waals surface area contributed by atoms with E-state index in [2.05, 4.69) is 27.0 Å². The molecule has 28 heavy (non-hydrogen) atoms. The summed E-state index contributed by atoms with van der Waals surface area (Å²) in [5.41, 5.74) is 5.78. The van der Waals surface area contributed by atoms with Crippen molar-refractivity contribution in [3.8, 4) is 0 Å². The number of guanidine groups is 1. The fourth-order valence-electron chi connectivity index (χ4n) is 2.93. The molecule has 1 unspecified atom stereocenters. The lowest BCUT2D eigenvalue weighted by molar-refractivity contribution is 0.0524. The number of carbonyl (C=O) groups is 1. The number of anilines is 1. The molecule has 1 aromatic heterocycles. The van der Waals surface area contributed by atoms with Crippen LogP contribution < -0.4 is 16.0 Å². The van der Waals surface area contributed by atoms with Gasteiger partial charge >= 0.3 is 6.09 Å². The first-order chi connectivity index (χ1) is 13.3. The number of unbranched alkanes of at least 4 members (excludes halogenated alkanes) is 1. The van der Waals surface area contributed by atoms with Crippen LogP contribution >= 0.6 is 11.3 Å². The monoisotopic (exact) mass is 410 g/mol. The number of nitrogens with zero attached hydrogens (tertiary/aromatic N) is 4. The maximum Gasteiger partial charge on any atom is 0.407 e. The van der Waals surface area contributed by atoms with E-state index in [4.69, 9.17) is 15.5 Å². The molecule has 2 rings (SSSR count). The minimum Gasteiger partial charge on any atom is -0.444 e. The molecule has 1 atom stereocenters. The van der Waals surface area contributed by atoms with Gasteiger partial charge in [0.05, 0.1) is 6.04 Å². The Hall–Kier alpha value is -2.03. The van der Waals surface area contributed by atoms with Gasteiger partial charge in [-0.2, -0.15) is 0 Å². The van der Waals surface area contributed by atoms with Crippen LogP contribution in [0, 0.1) is 0 Å². The quantitative estimate of drug-likeness (QED) is 0.530. The molecular weight excluding hydrogens is 376 g/mol. The maximum atomic E-state index is 11.9. The molecule has 3 N–H and O–H groups in total. The molecular formula is C19H34N6O2S. The van der Waals surface area contributed by atoms with Crippen LogP contribution in [0.5, 0.6) is 0 Å². The molecule has 1 aliphatic rings. The Bertz CT molecular complexity index is 621. The molecule has 0 saturated carbocycles. The molecule has 2 heterocycles. The lowest BCUT2D eigenvalue weighted by Crippen LogP contribution is -2.51. The number of carbonyl (C=O) groups excluding carboxylic acids is 1. The van der Waals surface area contributed by atoms with Gasteiger partial charge in [0.2, 0.25) is 0 Å². The Labute approximate surface area is 172 Å². The first-order valence-corrected chi connectivity index (χ1v) is 10.9. The number of thiazole rings is 1. The van der Waals surface area contributed by atoms with E-state index in [1.807, 2.05) is 32.3 Å². The topological polar surface area (TPSA) is 96.1 Å². The summed E-state index contributed by atoms with van der Waals surface area (Å²) in [6.07, 6.45) is 4.41. The van der Waals surface area contributed by atoms with Gasteiger partial charge in [-0.1, -0.05) is 19.8 Å². The van der Waals surface area contributed by atoms with E-state index in [1.165, 1.54) is 0 Å². The molecule has 0 spiro atoms. The van der Waals surface area contributed by atoms with Gasteiger partial charge < -0.3 is 25.6 Å². The number of aromatic nitrogens is 1. The fourth-order valence-corrected chi connectivity index (χ4v) is 3.63. The number of hydrogen-bond acceptors (Lipinski definition) is 6. The SMILES string of the molecule is CCCCC(CNC(=O)OC(C)(C)C)N=C(N)N1CCN(c2nccs2)CC1. The highest BCUT2D eigenvalue weighted by Crippen LogP contribution is 2.19. The Morgan fingerprint density at radius 3 is 2.68 bits per heavy atom.